The van der Waals surface area contributed by atoms with E-state index in [0.717, 1.165) is 13.1 Å². The van der Waals surface area contributed by atoms with Gasteiger partial charge in [-0.2, -0.15) is 4.31 Å². The summed E-state index contributed by atoms with van der Waals surface area (Å²) in [7, 11) is -1.71. The molecular weight excluding hydrogens is 598 g/mol. The summed E-state index contributed by atoms with van der Waals surface area (Å²) < 4.78 is 39.9. The minimum absolute atomic E-state index is 0.0853. The number of rotatable bonds is 5. The number of carbonyl (C=O) groups excluding carboxylic acids is 2. The first kappa shape index (κ1) is 35.1. The fourth-order valence-corrected chi connectivity index (χ4v) is 7.50. The summed E-state index contributed by atoms with van der Waals surface area (Å²) in [6.07, 6.45) is 4.17. The van der Waals surface area contributed by atoms with E-state index >= 15 is 0 Å². The lowest BCUT2D eigenvalue weighted by atomic mass is 9.91. The second kappa shape index (κ2) is 15.7. The largest absolute Gasteiger partial charge is 0.457 e. The highest BCUT2D eigenvalue weighted by Crippen LogP contribution is 2.27. The number of ether oxygens (including phenoxy) is 2. The number of esters is 1. The maximum absolute atomic E-state index is 13.3. The number of amides is 1. The summed E-state index contributed by atoms with van der Waals surface area (Å²) in [5.41, 5.74) is 1.33. The lowest BCUT2D eigenvalue weighted by molar-refractivity contribution is -0.151. The van der Waals surface area contributed by atoms with Crippen LogP contribution >= 0.6 is 0 Å². The van der Waals surface area contributed by atoms with Crippen molar-refractivity contribution in [2.24, 2.45) is 11.8 Å². The van der Waals surface area contributed by atoms with E-state index in [1.807, 2.05) is 40.0 Å². The van der Waals surface area contributed by atoms with Crippen LogP contribution < -0.4 is 0 Å². The first-order chi connectivity index (χ1) is 21.3. The summed E-state index contributed by atoms with van der Waals surface area (Å²) in [6.45, 7) is 9.00. The first-order valence-electron chi connectivity index (χ1n) is 16.0. The Balaban J connectivity index is 1.56. The highest BCUT2D eigenvalue weighted by Gasteiger charge is 2.31. The molecule has 2 fully saturated rings. The summed E-state index contributed by atoms with van der Waals surface area (Å²) in [6, 6.07) is 6.62. The molecule has 5 atom stereocenters. The number of benzene rings is 1. The smallest absolute Gasteiger partial charge is 0.410 e. The van der Waals surface area contributed by atoms with E-state index in [9.17, 15) is 28.2 Å². The molecule has 250 valence electrons. The maximum Gasteiger partial charge on any atom is 0.410 e. The molecule has 0 aliphatic carbocycles. The molecule has 2 saturated heterocycles. The van der Waals surface area contributed by atoms with Gasteiger partial charge in [-0.1, -0.05) is 38.1 Å². The summed E-state index contributed by atoms with van der Waals surface area (Å²) in [5.74, 6) is -0.918. The molecule has 3 heterocycles. The molecule has 1 amide bonds. The number of aliphatic hydroxyl groups is 2. The van der Waals surface area contributed by atoms with Crippen LogP contribution in [0.15, 0.2) is 46.9 Å². The average Bonchev–Trinajstić information content (AvgIpc) is 3.00. The van der Waals surface area contributed by atoms with Crippen molar-refractivity contribution in [3.63, 3.8) is 0 Å². The van der Waals surface area contributed by atoms with Crippen LogP contribution in [0, 0.1) is 11.8 Å². The molecule has 12 heteroatoms. The van der Waals surface area contributed by atoms with Gasteiger partial charge in [-0.3, -0.25) is 4.79 Å². The predicted molar refractivity (Wildman–Crippen MR) is 171 cm³/mol. The number of carbonyl (C=O) groups is 2. The zero-order chi connectivity index (χ0) is 32.7. The van der Waals surface area contributed by atoms with Gasteiger partial charge >= 0.3 is 12.1 Å². The van der Waals surface area contributed by atoms with Gasteiger partial charge in [-0.05, 0) is 74.9 Å². The van der Waals surface area contributed by atoms with Crippen LogP contribution in [0.1, 0.15) is 58.4 Å². The van der Waals surface area contributed by atoms with Crippen LogP contribution in [0.3, 0.4) is 0 Å². The number of piperidine rings is 1. The normalized spacial score (nSPS) is 29.7. The molecule has 0 aromatic heterocycles. The Morgan fingerprint density at radius 1 is 0.978 bits per heavy atom. The number of cyclic esters (lactones) is 1. The second-order valence-electron chi connectivity index (χ2n) is 12.8. The van der Waals surface area contributed by atoms with Crippen LogP contribution in [0.4, 0.5) is 4.79 Å². The topological polar surface area (TPSA) is 137 Å². The number of nitrogens with zero attached hydrogens (tertiary/aromatic N) is 3. The molecular formula is C33H49N3O8S. The molecule has 0 unspecified atom stereocenters. The van der Waals surface area contributed by atoms with Crippen molar-refractivity contribution in [3.05, 3.63) is 47.6 Å². The minimum atomic E-state index is -3.73. The van der Waals surface area contributed by atoms with Crippen molar-refractivity contribution in [2.75, 3.05) is 46.3 Å². The Kier molecular flexibility index (Phi) is 12.2. The molecule has 0 radical (unpaired) electrons. The molecule has 2 N–H and O–H groups in total. The highest BCUT2D eigenvalue weighted by molar-refractivity contribution is 7.89. The van der Waals surface area contributed by atoms with Crippen LogP contribution in [-0.2, 0) is 24.3 Å². The molecule has 45 heavy (non-hydrogen) atoms. The van der Waals surface area contributed by atoms with Crippen LogP contribution in [0.2, 0.25) is 0 Å². The van der Waals surface area contributed by atoms with E-state index in [2.05, 4.69) is 4.90 Å². The Labute approximate surface area is 267 Å². The molecule has 0 spiro atoms. The van der Waals surface area contributed by atoms with Crippen LogP contribution in [-0.4, -0.2) is 116 Å². The van der Waals surface area contributed by atoms with Gasteiger partial charge in [-0.15, -0.1) is 0 Å². The summed E-state index contributed by atoms with van der Waals surface area (Å²) in [4.78, 5) is 30.0. The quantitative estimate of drug-likeness (QED) is 0.365. The van der Waals surface area contributed by atoms with E-state index < -0.39 is 40.4 Å². The highest BCUT2D eigenvalue weighted by atomic mass is 32.2. The van der Waals surface area contributed by atoms with Crippen molar-refractivity contribution in [3.8, 4) is 0 Å². The number of hydrogen-bond donors (Lipinski definition) is 2. The van der Waals surface area contributed by atoms with Gasteiger partial charge in [0, 0.05) is 45.2 Å². The van der Waals surface area contributed by atoms with E-state index in [-0.39, 0.29) is 42.3 Å². The SMILES string of the molecule is C/C(=C\c1cccc(S(=O)(=O)N2CCC(O)CC2)c1)[C@H]1OC(=O)C[C@H](O)CC[C@H](C)[C@@H](OC(=O)N2CCN(C)CC2)/C=C\[C@@H]1C. The third kappa shape index (κ3) is 9.62. The number of hydrogen-bond acceptors (Lipinski definition) is 9. The van der Waals surface area contributed by atoms with Crippen molar-refractivity contribution < 1.29 is 37.7 Å². The zero-order valence-electron chi connectivity index (χ0n) is 26.9. The van der Waals surface area contributed by atoms with Gasteiger partial charge in [0.1, 0.15) is 12.2 Å². The molecule has 0 bridgehead atoms. The van der Waals surface area contributed by atoms with Gasteiger partial charge in [0.25, 0.3) is 0 Å². The Hall–Kier alpha value is -2.77. The van der Waals surface area contributed by atoms with E-state index in [4.69, 9.17) is 9.47 Å². The van der Waals surface area contributed by atoms with Gasteiger partial charge in [-0.25, -0.2) is 13.2 Å². The van der Waals surface area contributed by atoms with Gasteiger partial charge in [0.05, 0.1) is 23.5 Å². The molecule has 3 aliphatic rings. The molecule has 4 rings (SSSR count). The standard InChI is InChI=1S/C33H49N3O8S/c1-23-8-10-28(38)22-31(39)44-32(24(2)9-11-30(23)43-33(40)35-18-16-34(4)17-19-35)25(3)20-26-6-5-7-29(21-26)45(41,42)36-14-12-27(37)13-15-36/h5-7,9,11,20-21,23-24,27-28,30,32,37-38H,8,10,12-19,22H2,1-4H3/b11-9-,25-20+/t23-,24-,28+,30-,32-/m0/s1. The van der Waals surface area contributed by atoms with Gasteiger partial charge in [0.2, 0.25) is 10.0 Å². The van der Waals surface area contributed by atoms with E-state index in [1.54, 1.807) is 35.2 Å². The summed E-state index contributed by atoms with van der Waals surface area (Å²) >= 11 is 0. The number of piperazine rings is 1. The van der Waals surface area contributed by atoms with Crippen LogP contribution in [0.5, 0.6) is 0 Å². The third-order valence-electron chi connectivity index (χ3n) is 9.02. The Morgan fingerprint density at radius 3 is 2.36 bits per heavy atom. The van der Waals surface area contributed by atoms with E-state index in [1.165, 1.54) is 4.31 Å². The molecule has 11 nitrogen and oxygen atoms in total. The fourth-order valence-electron chi connectivity index (χ4n) is 5.97. The van der Waals surface area contributed by atoms with E-state index in [0.29, 0.717) is 49.9 Å². The second-order valence-corrected chi connectivity index (χ2v) is 14.7. The first-order valence-corrected chi connectivity index (χ1v) is 17.4. The number of sulfonamides is 1. The lowest BCUT2D eigenvalue weighted by Gasteiger charge is -2.33. The molecule has 0 saturated carbocycles. The fraction of sp³-hybridized carbons (Fsp3) is 0.636. The van der Waals surface area contributed by atoms with Crippen molar-refractivity contribution in [1.82, 2.24) is 14.1 Å². The van der Waals surface area contributed by atoms with Crippen molar-refractivity contribution in [1.29, 1.82) is 0 Å². The van der Waals surface area contributed by atoms with Gasteiger partial charge < -0.3 is 29.5 Å². The van der Waals surface area contributed by atoms with Crippen molar-refractivity contribution in [2.45, 2.75) is 82.2 Å². The Bertz CT molecular complexity index is 1330. The predicted octanol–water partition coefficient (Wildman–Crippen LogP) is 3.27. The minimum Gasteiger partial charge on any atom is -0.457 e. The average molecular weight is 648 g/mol. The third-order valence-corrected chi connectivity index (χ3v) is 10.9. The monoisotopic (exact) mass is 647 g/mol. The maximum atomic E-state index is 13.3. The Morgan fingerprint density at radius 2 is 1.67 bits per heavy atom. The zero-order valence-corrected chi connectivity index (χ0v) is 27.7. The van der Waals surface area contributed by atoms with Gasteiger partial charge in [0.15, 0.2) is 0 Å². The number of aliphatic hydroxyl groups excluding tert-OH is 2. The molecule has 1 aromatic carbocycles. The van der Waals surface area contributed by atoms with Crippen LogP contribution in [0.25, 0.3) is 6.08 Å². The lowest BCUT2D eigenvalue weighted by Crippen LogP contribution is -2.48. The molecule has 3 aliphatic heterocycles. The van der Waals surface area contributed by atoms with Crippen molar-refractivity contribution >= 4 is 28.2 Å². The number of likely N-dealkylation sites (N-methyl/N-ethyl adjacent to an activating group) is 1. The molecule has 1 aromatic rings. The summed E-state index contributed by atoms with van der Waals surface area (Å²) in [5, 5.41) is 20.4.